The zero-order valence-electron chi connectivity index (χ0n) is 35.1. The van der Waals surface area contributed by atoms with Crippen molar-refractivity contribution >= 4 is 13.4 Å². The molecule has 0 amide bonds. The monoisotopic (exact) mass is 819 g/mol. The lowest BCUT2D eigenvalue weighted by Crippen LogP contribution is -2.33. The van der Waals surface area contributed by atoms with Gasteiger partial charge in [0.15, 0.2) is 0 Å². The van der Waals surface area contributed by atoms with E-state index < -0.39 is 19.5 Å². The summed E-state index contributed by atoms with van der Waals surface area (Å²) < 4.78 is 29.5. The van der Waals surface area contributed by atoms with Gasteiger partial charge in [0.1, 0.15) is 17.8 Å². The Hall–Kier alpha value is -3.63. The third kappa shape index (κ3) is 19.0. The number of aliphatic hydroxyl groups is 1. The predicted octanol–water partition coefficient (Wildman–Crippen LogP) is 10.5. The number of anilines is 1. The zero-order valence-corrected chi connectivity index (χ0v) is 36.0. The molecule has 0 bridgehead atoms. The normalized spacial score (nSPS) is 12.6. The molecule has 1 atom stereocenters. The van der Waals surface area contributed by atoms with Crippen LogP contribution in [0.1, 0.15) is 127 Å². The molecule has 58 heavy (non-hydrogen) atoms. The average molecular weight is 820 g/mol. The minimum atomic E-state index is -3.77. The molecule has 3 aromatic carbocycles. The van der Waals surface area contributed by atoms with Gasteiger partial charge in [-0.2, -0.15) is 4.98 Å². The molecule has 4 rings (SSSR count). The highest BCUT2D eigenvalue weighted by Crippen LogP contribution is 2.41. The second-order valence-electron chi connectivity index (χ2n) is 15.3. The summed E-state index contributed by atoms with van der Waals surface area (Å²) in [7, 11) is -3.77. The first kappa shape index (κ1) is 48.7. The molecule has 0 fully saturated rings. The smallest absolute Gasteiger partial charge is 0.353 e. The van der Waals surface area contributed by atoms with Crippen LogP contribution in [0.3, 0.4) is 0 Å². The summed E-state index contributed by atoms with van der Waals surface area (Å²) in [5.41, 5.74) is 7.64. The number of nitrogens with zero attached hydrogens (tertiary/aromatic N) is 2. The molecule has 1 heterocycles. The number of aliphatic hydroxyl groups excluding tert-OH is 1. The lowest BCUT2D eigenvalue weighted by atomic mass is 9.80. The predicted molar refractivity (Wildman–Crippen MR) is 236 cm³/mol. The van der Waals surface area contributed by atoms with E-state index in [-0.39, 0.29) is 18.1 Å². The van der Waals surface area contributed by atoms with Gasteiger partial charge in [0, 0.05) is 26.0 Å². The molecule has 10 nitrogen and oxygen atoms in total. The summed E-state index contributed by atoms with van der Waals surface area (Å²) >= 11 is 0. The van der Waals surface area contributed by atoms with Crippen LogP contribution >= 0.6 is 7.60 Å². The van der Waals surface area contributed by atoms with E-state index in [2.05, 4.69) is 55.2 Å². The Labute approximate surface area is 347 Å². The molecule has 320 valence electrons. The van der Waals surface area contributed by atoms with Crippen LogP contribution in [0.2, 0.25) is 0 Å². The Bertz CT molecular complexity index is 1630. The van der Waals surface area contributed by atoms with Gasteiger partial charge >= 0.3 is 13.3 Å². The van der Waals surface area contributed by atoms with Crippen molar-refractivity contribution in [1.29, 1.82) is 0 Å². The van der Waals surface area contributed by atoms with Gasteiger partial charge in [-0.3, -0.25) is 9.13 Å². The highest BCUT2D eigenvalue weighted by molar-refractivity contribution is 7.52. The first-order valence-electron chi connectivity index (χ1n) is 21.5. The highest BCUT2D eigenvalue weighted by atomic mass is 31.2. The number of nitrogens with two attached hydrogens (primary N) is 1. The molecule has 0 saturated heterocycles. The number of ether oxygens (including phenoxy) is 2. The van der Waals surface area contributed by atoms with Crippen molar-refractivity contribution in [2.24, 2.45) is 5.92 Å². The van der Waals surface area contributed by atoms with Crippen molar-refractivity contribution in [2.75, 3.05) is 38.5 Å². The van der Waals surface area contributed by atoms with E-state index in [9.17, 15) is 9.36 Å². The maximum Gasteiger partial charge on any atom is 0.353 e. The van der Waals surface area contributed by atoms with Crippen LogP contribution in [0.4, 0.5) is 5.82 Å². The van der Waals surface area contributed by atoms with E-state index in [0.717, 1.165) is 35.6 Å². The van der Waals surface area contributed by atoms with Crippen LogP contribution in [0.25, 0.3) is 0 Å². The molecule has 1 aromatic heterocycles. The Morgan fingerprint density at radius 3 is 1.59 bits per heavy atom. The minimum absolute atomic E-state index is 0.145. The Morgan fingerprint density at radius 1 is 0.655 bits per heavy atom. The van der Waals surface area contributed by atoms with Gasteiger partial charge < -0.3 is 29.7 Å². The number of hydrogen-bond donors (Lipinski definition) is 3. The van der Waals surface area contributed by atoms with Crippen LogP contribution in [-0.2, 0) is 30.7 Å². The number of unbranched alkanes of at least 4 members (excludes halogenated alkanes) is 11. The highest BCUT2D eigenvalue weighted by Gasteiger charge is 2.37. The van der Waals surface area contributed by atoms with E-state index in [4.69, 9.17) is 29.7 Å². The maximum absolute atomic E-state index is 12.0. The fraction of sp³-hybridized carbons (Fsp3) is 0.532. The first-order valence-corrected chi connectivity index (χ1v) is 23.2. The van der Waals surface area contributed by atoms with E-state index >= 15 is 0 Å². The fourth-order valence-electron chi connectivity index (χ4n) is 6.88. The molecule has 0 radical (unpaired) electrons. The van der Waals surface area contributed by atoms with Crippen molar-refractivity contribution in [3.8, 4) is 0 Å². The number of benzene rings is 3. The lowest BCUT2D eigenvalue weighted by molar-refractivity contribution is 0.00992. The van der Waals surface area contributed by atoms with Crippen molar-refractivity contribution in [1.82, 2.24) is 9.55 Å². The largest absolute Gasteiger partial charge is 0.384 e. The summed E-state index contributed by atoms with van der Waals surface area (Å²) in [5, 5.41) is 8.58. The molecule has 0 saturated carbocycles. The second-order valence-corrected chi connectivity index (χ2v) is 17.1. The van der Waals surface area contributed by atoms with Gasteiger partial charge in [0.05, 0.1) is 13.2 Å². The van der Waals surface area contributed by atoms with E-state index in [1.807, 2.05) is 54.6 Å². The SMILES string of the molecule is CC(C)CCCCCCCCCCCCCCOCCCOP(=O)(O)CO.Nc1ccn(CCCOC(c2ccccc2)(c2ccccc2)c2ccccc2)c(=O)n1. The van der Waals surface area contributed by atoms with Crippen LogP contribution in [-0.4, -0.2) is 52.3 Å². The topological polar surface area (TPSA) is 146 Å². The van der Waals surface area contributed by atoms with Gasteiger partial charge in [0.2, 0.25) is 0 Å². The quantitative estimate of drug-likeness (QED) is 0.0277. The number of aryl methyl sites for hydroxylation is 1. The van der Waals surface area contributed by atoms with E-state index in [0.29, 0.717) is 32.6 Å². The summed E-state index contributed by atoms with van der Waals surface area (Å²) in [5.74, 6) is 1.09. The second kappa shape index (κ2) is 28.7. The van der Waals surface area contributed by atoms with Gasteiger partial charge in [-0.1, -0.05) is 182 Å². The molecule has 0 spiro atoms. The summed E-state index contributed by atoms with van der Waals surface area (Å²) in [4.78, 5) is 24.8. The molecule has 0 aliphatic heterocycles. The molecule has 0 aliphatic rings. The summed E-state index contributed by atoms with van der Waals surface area (Å²) in [6.45, 7) is 6.99. The van der Waals surface area contributed by atoms with Gasteiger partial charge in [-0.05, 0) is 47.9 Å². The van der Waals surface area contributed by atoms with Crippen molar-refractivity contribution < 1.29 is 28.6 Å². The molecule has 11 heteroatoms. The maximum atomic E-state index is 12.0. The zero-order chi connectivity index (χ0) is 41.7. The first-order chi connectivity index (χ1) is 28.2. The molecule has 1 unspecified atom stereocenters. The van der Waals surface area contributed by atoms with Crippen LogP contribution in [0, 0.1) is 5.92 Å². The molecular formula is C47H70N3O7P. The van der Waals surface area contributed by atoms with Gasteiger partial charge in [-0.15, -0.1) is 0 Å². The third-order valence-corrected chi connectivity index (χ3v) is 11.0. The van der Waals surface area contributed by atoms with Gasteiger partial charge in [0.25, 0.3) is 0 Å². The number of rotatable bonds is 29. The Kier molecular flexibility index (Phi) is 24.1. The van der Waals surface area contributed by atoms with Crippen molar-refractivity contribution in [3.63, 3.8) is 0 Å². The van der Waals surface area contributed by atoms with Crippen molar-refractivity contribution in [3.05, 3.63) is 130 Å². The van der Waals surface area contributed by atoms with Crippen molar-refractivity contribution in [2.45, 2.75) is 122 Å². The minimum Gasteiger partial charge on any atom is -0.384 e. The fourth-order valence-corrected chi connectivity index (χ4v) is 7.37. The van der Waals surface area contributed by atoms with Crippen LogP contribution in [0.15, 0.2) is 108 Å². The van der Waals surface area contributed by atoms with E-state index in [1.54, 1.807) is 16.8 Å². The van der Waals surface area contributed by atoms with Crippen LogP contribution < -0.4 is 11.4 Å². The molecule has 0 aliphatic carbocycles. The number of aromatic nitrogens is 2. The molecular weight excluding hydrogens is 750 g/mol. The standard InChI is InChI=1S/C26H25N3O2.C21H45O5P/c27-24-17-19-29(25(30)28-24)18-10-20-31-26(21-11-4-1-5-12-21,22-13-6-2-7-14-22)23-15-8-3-9-16-23;1-21(2)16-13-11-9-7-5-3-4-6-8-10-12-14-17-25-18-15-19-26-27(23,24)20-22/h1-9,11-17,19H,10,18,20H2,(H2,27,28,30);21-22H,3-20H2,1-2H3,(H,23,24). The Balaban J connectivity index is 0.000000315. The summed E-state index contributed by atoms with van der Waals surface area (Å²) in [6.07, 6.45) is 19.5. The molecule has 4 N–H and O–H groups in total. The third-order valence-electron chi connectivity index (χ3n) is 10.0. The average Bonchev–Trinajstić information content (AvgIpc) is 3.23. The molecule has 4 aromatic rings. The number of hydrogen-bond acceptors (Lipinski definition) is 8. The van der Waals surface area contributed by atoms with Gasteiger partial charge in [-0.25, -0.2) is 4.79 Å². The van der Waals surface area contributed by atoms with Crippen LogP contribution in [0.5, 0.6) is 0 Å². The van der Waals surface area contributed by atoms with E-state index in [1.165, 1.54) is 77.0 Å². The lowest BCUT2D eigenvalue weighted by Gasteiger charge is -2.36. The Morgan fingerprint density at radius 2 is 1.12 bits per heavy atom. The number of nitrogen functional groups attached to an aromatic ring is 1. The summed E-state index contributed by atoms with van der Waals surface area (Å²) in [6, 6.07) is 32.4.